The van der Waals surface area contributed by atoms with Gasteiger partial charge >= 0.3 is 0 Å². The van der Waals surface area contributed by atoms with Crippen LogP contribution in [0.5, 0.6) is 5.75 Å². The fraction of sp³-hybridized carbons (Fsp3) is 0.439. The number of hydrogen-bond acceptors (Lipinski definition) is 9. The third-order valence-corrected chi connectivity index (χ3v) is 10.2. The summed E-state index contributed by atoms with van der Waals surface area (Å²) >= 11 is 0. The Bertz CT molecular complexity index is 2070. The zero-order valence-corrected chi connectivity index (χ0v) is 33.0. The molecule has 5 rings (SSSR count). The summed E-state index contributed by atoms with van der Waals surface area (Å²) in [7, 11) is 0. The molecule has 0 bridgehead atoms. The molecule has 0 spiro atoms. The van der Waals surface area contributed by atoms with Gasteiger partial charge in [0.2, 0.25) is 41.4 Å². The highest BCUT2D eigenvalue weighted by Crippen LogP contribution is 2.26. The molecule has 2 saturated heterocycles. The Balaban J connectivity index is 1.45. The molecule has 0 radical (unpaired) electrons. The molecule has 17 heteroatoms. The van der Waals surface area contributed by atoms with Gasteiger partial charge in [-0.05, 0) is 73.9 Å². The fourth-order valence-corrected chi connectivity index (χ4v) is 7.01. The highest BCUT2D eigenvalue weighted by atomic mass is 16.3. The minimum atomic E-state index is -1.70. The lowest BCUT2D eigenvalue weighted by Crippen LogP contribution is -2.56. The molecule has 5 atom stereocenters. The van der Waals surface area contributed by atoms with Crippen molar-refractivity contribution in [1.29, 1.82) is 0 Å². The molecule has 0 saturated carbocycles. The van der Waals surface area contributed by atoms with Crippen molar-refractivity contribution >= 4 is 52.3 Å². The minimum Gasteiger partial charge on any atom is -0.508 e. The lowest BCUT2D eigenvalue weighted by molar-refractivity contribution is -0.140. The van der Waals surface area contributed by atoms with Crippen molar-refractivity contribution in [3.63, 3.8) is 0 Å². The van der Waals surface area contributed by atoms with Crippen LogP contribution in [0.25, 0.3) is 10.9 Å². The molecule has 310 valence electrons. The number of hydrogen-bond donors (Lipinski definition) is 9. The summed E-state index contributed by atoms with van der Waals surface area (Å²) in [6.07, 6.45) is 3.03. The zero-order valence-electron chi connectivity index (χ0n) is 33.0. The van der Waals surface area contributed by atoms with Crippen LogP contribution in [0.15, 0.2) is 60.3 Å². The number of amides is 7. The number of nitrogens with one attached hydrogen (secondary N) is 7. The monoisotopic (exact) mass is 800 g/mol. The highest BCUT2D eigenvalue weighted by molar-refractivity contribution is 5.97. The normalized spacial score (nSPS) is 22.4. The van der Waals surface area contributed by atoms with E-state index in [-0.39, 0.29) is 24.3 Å². The summed E-state index contributed by atoms with van der Waals surface area (Å²) in [5.41, 5.74) is 3.11. The first-order valence-electron chi connectivity index (χ1n) is 19.3. The molecule has 1 aromatic heterocycles. The van der Waals surface area contributed by atoms with Crippen LogP contribution < -0.4 is 31.9 Å². The molecule has 2 aliphatic heterocycles. The number of phenols is 1. The predicted molar refractivity (Wildman–Crippen MR) is 213 cm³/mol. The van der Waals surface area contributed by atoms with Gasteiger partial charge in [0, 0.05) is 30.1 Å². The van der Waals surface area contributed by atoms with Crippen molar-refractivity contribution in [3.8, 4) is 5.75 Å². The van der Waals surface area contributed by atoms with Gasteiger partial charge in [0.05, 0.1) is 19.6 Å². The lowest BCUT2D eigenvalue weighted by atomic mass is 9.97. The molecule has 0 unspecified atom stereocenters. The number of aliphatic hydroxyl groups is 1. The molecule has 17 nitrogen and oxygen atoms in total. The fourth-order valence-electron chi connectivity index (χ4n) is 7.01. The second-order valence-corrected chi connectivity index (χ2v) is 15.2. The summed E-state index contributed by atoms with van der Waals surface area (Å²) in [6.45, 7) is 5.59. The average Bonchev–Trinajstić information content (AvgIpc) is 3.86. The molecule has 2 aromatic carbocycles. The quantitative estimate of drug-likeness (QED) is 0.147. The topological polar surface area (TPSA) is 251 Å². The predicted octanol–water partition coefficient (Wildman–Crippen LogP) is 0.122. The summed E-state index contributed by atoms with van der Waals surface area (Å²) < 4.78 is 0. The van der Waals surface area contributed by atoms with Crippen LogP contribution in [0.4, 0.5) is 0 Å². The molecule has 2 aliphatic rings. The molecule has 58 heavy (non-hydrogen) atoms. The Morgan fingerprint density at radius 1 is 0.810 bits per heavy atom. The van der Waals surface area contributed by atoms with E-state index >= 15 is 0 Å². The van der Waals surface area contributed by atoms with Crippen LogP contribution in [-0.2, 0) is 46.4 Å². The summed E-state index contributed by atoms with van der Waals surface area (Å²) in [5, 5.41) is 38.1. The highest BCUT2D eigenvalue weighted by Gasteiger charge is 2.37. The number of aromatic amines is 1. The van der Waals surface area contributed by atoms with E-state index in [0.29, 0.717) is 30.4 Å². The van der Waals surface area contributed by atoms with E-state index in [1.807, 2.05) is 44.2 Å². The lowest BCUT2D eigenvalue weighted by Gasteiger charge is -2.27. The third-order valence-electron chi connectivity index (χ3n) is 10.2. The summed E-state index contributed by atoms with van der Waals surface area (Å²) in [4.78, 5) is 99.0. The molecule has 7 amide bonds. The Morgan fingerprint density at radius 3 is 2.17 bits per heavy atom. The van der Waals surface area contributed by atoms with Gasteiger partial charge in [-0.15, -0.1) is 0 Å². The maximum Gasteiger partial charge on any atom is 0.246 e. The van der Waals surface area contributed by atoms with Crippen molar-refractivity contribution in [2.75, 3.05) is 26.2 Å². The number of aliphatic hydroxyl groups excluding tert-OH is 1. The smallest absolute Gasteiger partial charge is 0.246 e. The number of phenolic OH excluding ortho intramolecular Hbond substituents is 1. The number of rotatable bonds is 7. The first-order valence-corrected chi connectivity index (χ1v) is 19.3. The second-order valence-electron chi connectivity index (χ2n) is 15.2. The van der Waals surface area contributed by atoms with Crippen molar-refractivity contribution in [2.24, 2.45) is 5.92 Å². The summed E-state index contributed by atoms with van der Waals surface area (Å²) in [5.74, 6) is -5.63. The van der Waals surface area contributed by atoms with Gasteiger partial charge < -0.3 is 52.0 Å². The van der Waals surface area contributed by atoms with E-state index < -0.39 is 97.2 Å². The number of H-pyrrole nitrogens is 1. The van der Waals surface area contributed by atoms with Gasteiger partial charge in [0.1, 0.15) is 36.0 Å². The minimum absolute atomic E-state index is 0.0111. The van der Waals surface area contributed by atoms with E-state index in [0.717, 1.165) is 16.5 Å². The number of benzene rings is 2. The maximum absolute atomic E-state index is 13.8. The number of fused-ring (bicyclic) bond motifs is 2. The van der Waals surface area contributed by atoms with Crippen LogP contribution >= 0.6 is 0 Å². The van der Waals surface area contributed by atoms with Crippen molar-refractivity contribution in [1.82, 2.24) is 41.8 Å². The van der Waals surface area contributed by atoms with Crippen LogP contribution in [0.2, 0.25) is 0 Å². The average molecular weight is 801 g/mol. The number of aromatic hydroxyl groups is 1. The van der Waals surface area contributed by atoms with E-state index in [1.54, 1.807) is 20.0 Å². The van der Waals surface area contributed by atoms with Crippen molar-refractivity contribution < 1.29 is 43.8 Å². The Morgan fingerprint density at radius 2 is 1.47 bits per heavy atom. The molecule has 0 aliphatic carbocycles. The van der Waals surface area contributed by atoms with Crippen LogP contribution in [0, 0.1) is 5.92 Å². The van der Waals surface area contributed by atoms with E-state index in [2.05, 4.69) is 36.9 Å². The molecule has 3 heterocycles. The molecular weight excluding hydrogens is 748 g/mol. The first-order chi connectivity index (χ1) is 27.6. The van der Waals surface area contributed by atoms with E-state index in [1.165, 1.54) is 23.1 Å². The van der Waals surface area contributed by atoms with Gasteiger partial charge in [0.15, 0.2) is 0 Å². The number of aromatic nitrogens is 1. The van der Waals surface area contributed by atoms with E-state index in [9.17, 15) is 43.8 Å². The number of nitrogens with zero attached hydrogens (tertiary/aromatic N) is 1. The van der Waals surface area contributed by atoms with Gasteiger partial charge in [-0.2, -0.15) is 0 Å². The number of carbonyl (C=O) groups is 7. The standard InChI is InChI=1S/C41H52N8O9/c1-22(2)11-12-24-16-25(13-14-31(24)50)37(54)36-41(58)44-20-32(51)47-35(23(3)4)40(57)45-21-34(53)49-15-7-10-30(49)39(56)46-29(38(55)43-19-33(52)48-36)17-26-18-42-28-9-6-5-8-27(26)28/h5-6,8-9,11,13-14,16,18,23,29-30,35-37,42,50,54H,7,10,12,15,17,19-21H2,1-4H3,(H,43,55)(H,44,58)(H,45,57)(H,46,56)(H,47,51)(H,48,52)/t29-,30+,35+,36-,37-/m0/s1. The SMILES string of the molecule is CC(C)=CCc1cc([C@H](O)[C@@H]2NC(=O)CNC(=O)[C@H](Cc3c[nH]c4ccccc34)NC(=O)[C@H]3CCCN3C(=O)CNC(=O)[C@@H](C(C)C)NC(=O)CNC2=O)ccc1O. The van der Waals surface area contributed by atoms with Crippen molar-refractivity contribution in [3.05, 3.63) is 77.0 Å². The second kappa shape index (κ2) is 19.3. The van der Waals surface area contributed by atoms with Crippen LogP contribution in [0.3, 0.4) is 0 Å². The van der Waals surface area contributed by atoms with E-state index in [4.69, 9.17) is 0 Å². The maximum atomic E-state index is 13.8. The molecular formula is C41H52N8O9. The molecule has 2 fully saturated rings. The molecule has 9 N–H and O–H groups in total. The van der Waals surface area contributed by atoms with Gasteiger partial charge in [0.25, 0.3) is 0 Å². The Hall–Kier alpha value is -6.23. The van der Waals surface area contributed by atoms with Gasteiger partial charge in [-0.25, -0.2) is 0 Å². The number of allylic oxidation sites excluding steroid dienone is 2. The zero-order chi connectivity index (χ0) is 42.1. The number of para-hydroxylation sites is 1. The number of carbonyl (C=O) groups excluding carboxylic acids is 7. The Kier molecular flexibility index (Phi) is 14.3. The van der Waals surface area contributed by atoms with Crippen LogP contribution in [0.1, 0.15) is 63.3 Å². The van der Waals surface area contributed by atoms with Gasteiger partial charge in [-0.3, -0.25) is 33.6 Å². The largest absolute Gasteiger partial charge is 0.508 e. The van der Waals surface area contributed by atoms with Crippen molar-refractivity contribution in [2.45, 2.75) is 83.6 Å². The Labute approximate surface area is 335 Å². The first kappa shape index (κ1) is 42.9. The molecule has 3 aromatic rings. The van der Waals surface area contributed by atoms with Gasteiger partial charge in [-0.1, -0.05) is 49.8 Å². The summed E-state index contributed by atoms with van der Waals surface area (Å²) in [6, 6.07) is 6.67. The third kappa shape index (κ3) is 10.8. The van der Waals surface area contributed by atoms with Crippen LogP contribution in [-0.4, -0.2) is 112 Å².